The predicted molar refractivity (Wildman–Crippen MR) is 418 cm³/mol. The van der Waals surface area contributed by atoms with Crippen LogP contribution in [0.1, 0.15) is 219 Å². The molecule has 6 aromatic rings. The third-order valence-electron chi connectivity index (χ3n) is 19.7. The van der Waals surface area contributed by atoms with E-state index in [0.29, 0.717) is 5.03 Å². The van der Waals surface area contributed by atoms with Crippen molar-refractivity contribution in [2.24, 2.45) is 0 Å². The Labute approximate surface area is 700 Å². The first-order chi connectivity index (χ1) is 57.9. The van der Waals surface area contributed by atoms with Crippen molar-refractivity contribution in [1.29, 1.82) is 0 Å². The van der Waals surface area contributed by atoms with Crippen molar-refractivity contribution in [3.05, 3.63) is 115 Å². The summed E-state index contributed by atoms with van der Waals surface area (Å²) in [5, 5.41) is 123. The largest absolute Gasteiger partial charge is 0.481 e. The first-order valence-electron chi connectivity index (χ1n) is 38.0. The highest BCUT2D eigenvalue weighted by Gasteiger charge is 2.43. The van der Waals surface area contributed by atoms with Crippen LogP contribution in [0.4, 0.5) is 0 Å². The summed E-state index contributed by atoms with van der Waals surface area (Å²) in [7, 11) is 2.33. The van der Waals surface area contributed by atoms with Crippen LogP contribution in [0, 0.1) is 0 Å². The molecule has 6 atom stereocenters. The zero-order valence-corrected chi connectivity index (χ0v) is 67.1. The summed E-state index contributed by atoms with van der Waals surface area (Å²) in [6, 6.07) is -4.14. The Kier molecular flexibility index (Phi) is 38.5. The van der Waals surface area contributed by atoms with Crippen LogP contribution in [0.5, 0.6) is 0 Å². The second kappa shape index (κ2) is 48.2. The van der Waals surface area contributed by atoms with Crippen molar-refractivity contribution < 1.29 is 133 Å². The molecule has 47 nitrogen and oxygen atoms in total. The molecule has 6 unspecified atom stereocenters. The van der Waals surface area contributed by atoms with E-state index in [4.69, 9.17) is 0 Å². The minimum Gasteiger partial charge on any atom is -0.481 e. The van der Waals surface area contributed by atoms with Crippen molar-refractivity contribution in [3.8, 4) is 0 Å². The number of carboxylic acids is 9. The number of aliphatic carboxylic acids is 9. The normalized spacial score (nSPS) is 13.6. The van der Waals surface area contributed by atoms with E-state index in [1.165, 1.54) is 35.7 Å². The van der Waals surface area contributed by atoms with Gasteiger partial charge in [0, 0.05) is 142 Å². The van der Waals surface area contributed by atoms with Gasteiger partial charge in [0.05, 0.1) is 60.1 Å². The van der Waals surface area contributed by atoms with Gasteiger partial charge in [-0.05, 0) is 113 Å². The SMILES string of the molecule is O=C(O)CCC(CCC(=O)O)(CCC(=O)O)NC(=O)C(NC(=O)CCC(CCC(=O)NC(C(=O)NC(CCC(=O)O)(CCC(=O)O)CCC(=O)O)c1c[nH]cn1)(CCC(=O)NC(CCCNC(C(=O)O)c1c[nH]cn1)(CCC(=O)NC(C(=O)O)c1c[nH]cn1)CCC(=O)N(O)C(C(=O)O)c1c[nH]cn1)NC(=O)CCSSc1ccccn1)c1c[nH]cn1. The topological polar surface area (TPSA) is 748 Å². The maximum atomic E-state index is 15.6. The maximum Gasteiger partial charge on any atom is 0.335 e. The van der Waals surface area contributed by atoms with E-state index in [1.54, 1.807) is 18.2 Å². The number of nitrogens with one attached hydrogen (secondary N) is 13. The monoisotopic (exact) mass is 1750 g/mol. The summed E-state index contributed by atoms with van der Waals surface area (Å²) in [6.45, 7) is -0.250. The summed E-state index contributed by atoms with van der Waals surface area (Å²) in [6.07, 6.45) is -2.61. The zero-order valence-electron chi connectivity index (χ0n) is 65.4. The highest BCUT2D eigenvalue weighted by atomic mass is 33.1. The number of imidazole rings is 5. The van der Waals surface area contributed by atoms with Gasteiger partial charge in [-0.15, -0.1) is 0 Å². The Balaban J connectivity index is 1.50. The Bertz CT molecular complexity index is 4280. The van der Waals surface area contributed by atoms with Crippen molar-refractivity contribution in [2.45, 2.75) is 218 Å². The molecule has 122 heavy (non-hydrogen) atoms. The Morgan fingerprint density at radius 2 is 0.689 bits per heavy atom. The van der Waals surface area contributed by atoms with E-state index >= 15 is 14.4 Å². The number of hydrogen-bond donors (Lipinski definition) is 23. The summed E-state index contributed by atoms with van der Waals surface area (Å²) < 4.78 is 0. The van der Waals surface area contributed by atoms with Gasteiger partial charge in [0.15, 0.2) is 24.2 Å². The molecule has 6 aromatic heterocycles. The van der Waals surface area contributed by atoms with Crippen LogP contribution in [-0.2, 0) is 81.5 Å². The Morgan fingerprint density at radius 1 is 0.361 bits per heavy atom. The molecule has 8 amide bonds. The van der Waals surface area contributed by atoms with Gasteiger partial charge in [-0.3, -0.25) is 82.4 Å². The zero-order chi connectivity index (χ0) is 89.6. The van der Waals surface area contributed by atoms with Crippen molar-refractivity contribution in [2.75, 3.05) is 12.3 Å². The smallest absolute Gasteiger partial charge is 0.335 e. The molecule has 6 heterocycles. The van der Waals surface area contributed by atoms with E-state index in [2.05, 4.69) is 97.4 Å². The average Bonchev–Trinajstić information content (AvgIpc) is 1.32. The van der Waals surface area contributed by atoms with E-state index in [0.717, 1.165) is 54.7 Å². The molecule has 0 aliphatic heterocycles. The Hall–Kier alpha value is -13.2. The second-order valence-electron chi connectivity index (χ2n) is 28.5. The summed E-state index contributed by atoms with van der Waals surface area (Å²) in [5.74, 6) is -21.9. The van der Waals surface area contributed by atoms with Crippen LogP contribution in [-0.4, -0.2) is 246 Å². The molecular weight excluding hydrogens is 1650 g/mol. The lowest BCUT2D eigenvalue weighted by molar-refractivity contribution is -0.187. The van der Waals surface area contributed by atoms with Gasteiger partial charge in [0.1, 0.15) is 11.1 Å². The number of aromatic amines is 5. The highest BCUT2D eigenvalue weighted by Crippen LogP contribution is 2.35. The van der Waals surface area contributed by atoms with Gasteiger partial charge in [0.2, 0.25) is 47.3 Å². The Morgan fingerprint density at radius 3 is 1.04 bits per heavy atom. The number of amides is 8. The molecule has 23 N–H and O–H groups in total. The number of H-pyrrole nitrogens is 5. The number of hydrogen-bond acceptors (Lipinski definition) is 27. The minimum absolute atomic E-state index is 0.0129. The van der Waals surface area contributed by atoms with E-state index < -0.39 is 295 Å². The second-order valence-corrected chi connectivity index (χ2v) is 30.9. The average molecular weight is 1750 g/mol. The molecular formula is C73H96N20O27S2. The number of aromatic nitrogens is 11. The molecule has 0 aliphatic rings. The summed E-state index contributed by atoms with van der Waals surface area (Å²) in [5.41, 5.74) is -8.76. The number of carboxylic acid groups (broad SMARTS) is 9. The molecule has 0 radical (unpaired) electrons. The third kappa shape index (κ3) is 32.8. The molecule has 49 heteroatoms. The van der Waals surface area contributed by atoms with Crippen LogP contribution in [0.2, 0.25) is 0 Å². The molecule has 0 fully saturated rings. The highest BCUT2D eigenvalue weighted by molar-refractivity contribution is 8.76. The number of carbonyl (C=O) groups excluding carboxylic acids is 8. The van der Waals surface area contributed by atoms with Crippen LogP contribution >= 0.6 is 21.6 Å². The van der Waals surface area contributed by atoms with Crippen molar-refractivity contribution in [1.82, 2.24) is 102 Å². The first-order valence-corrected chi connectivity index (χ1v) is 40.3. The molecule has 0 spiro atoms. The lowest BCUT2D eigenvalue weighted by Crippen LogP contribution is -2.54. The van der Waals surface area contributed by atoms with E-state index in [9.17, 15) is 118 Å². The minimum atomic E-state index is -2.15. The van der Waals surface area contributed by atoms with Gasteiger partial charge in [-0.2, -0.15) is 0 Å². The maximum absolute atomic E-state index is 15.6. The molecule has 0 aliphatic carbocycles. The fourth-order valence-corrected chi connectivity index (χ4v) is 15.2. The van der Waals surface area contributed by atoms with Crippen LogP contribution < -0.4 is 42.5 Å². The van der Waals surface area contributed by atoms with Crippen LogP contribution in [0.25, 0.3) is 0 Å². The predicted octanol–water partition coefficient (Wildman–Crippen LogP) is 2.23. The number of pyridine rings is 1. The lowest BCUT2D eigenvalue weighted by Gasteiger charge is -2.38. The van der Waals surface area contributed by atoms with Gasteiger partial charge in [-0.25, -0.2) is 44.6 Å². The van der Waals surface area contributed by atoms with Gasteiger partial charge in [0.25, 0.3) is 0 Å². The fraction of sp³-hybridized carbons (Fsp3) is 0.493. The summed E-state index contributed by atoms with van der Waals surface area (Å²) in [4.78, 5) is 266. The van der Waals surface area contributed by atoms with Crippen LogP contribution in [0.3, 0.4) is 0 Å². The quantitative estimate of drug-likeness (QED) is 0.0113. The van der Waals surface area contributed by atoms with Crippen molar-refractivity contribution >= 4 is 123 Å². The molecule has 662 valence electrons. The number of nitrogens with zero attached hydrogens (tertiary/aromatic N) is 7. The van der Waals surface area contributed by atoms with Crippen molar-refractivity contribution in [3.63, 3.8) is 0 Å². The van der Waals surface area contributed by atoms with E-state index in [-0.39, 0.29) is 65.1 Å². The van der Waals surface area contributed by atoms with E-state index in [1.807, 2.05) is 0 Å². The molecule has 0 saturated carbocycles. The van der Waals surface area contributed by atoms with Gasteiger partial charge >= 0.3 is 53.7 Å². The van der Waals surface area contributed by atoms with Gasteiger partial charge in [-0.1, -0.05) is 16.9 Å². The fourth-order valence-electron chi connectivity index (χ4n) is 13.4. The first kappa shape index (κ1) is 97.6. The van der Waals surface area contributed by atoms with Gasteiger partial charge < -0.3 is 108 Å². The number of rotatable bonds is 61. The number of carbonyl (C=O) groups is 17. The number of hydroxylamine groups is 2. The standard InChI is InChI=1S/C73H96N20O27S2/c94-47(86-60(42-32-74-37-81-42)65(112)91-72(23-10-54(100)101,24-11-55(102)103)25-12-56(104)105)6-19-71(90-51(98)16-31-121-122-52-4-1-2-29-79-52,20-7-48(95)87-61(43-33-75-38-82-43)66(113)92-73(26-13-57(106)107,27-14-58(108)109)28-15-59(110)111)21-8-50(97)89-70(17-3-30-80-62(67(114)115)44-34-76-39-83-44,18-5-49(96)88-63(68(116)117)45-35-77-40-84-45)22-9-53(99)93(120)64(69(118)119)46-36-78-41-85-46/h1-2,4,29,32-41,60-64,80,120H,3,5-28,30-31H2,(H,74,81)(H,75,82)(H,76,83)(H,77,84)(H,78,85)(H,86,94)(H,87,95)(H,88,96)(H,89,97)(H,90,98)(H,91,112)(H,92,113)(H,100,101)(H,102,103)(H,104,105)(H,106,107)(H,108,109)(H,110,111)(H,114,115)(H,116,117)(H,118,119). The molecule has 0 bridgehead atoms. The molecule has 6 rings (SSSR count). The van der Waals surface area contributed by atoms with Crippen LogP contribution in [0.15, 0.2) is 92.0 Å². The summed E-state index contributed by atoms with van der Waals surface area (Å²) >= 11 is 0. The molecule has 0 aromatic carbocycles. The molecule has 0 saturated heterocycles. The third-order valence-corrected chi connectivity index (χ3v) is 22.0. The lowest BCUT2D eigenvalue weighted by atomic mass is 9.81.